The summed E-state index contributed by atoms with van der Waals surface area (Å²) >= 11 is 0. The van der Waals surface area contributed by atoms with E-state index < -0.39 is 12.6 Å². The molecule has 4 nitrogen and oxygen atoms in total. The Morgan fingerprint density at radius 2 is 2.08 bits per heavy atom. The Balaban J connectivity index is 2.95. The lowest BCUT2D eigenvalue weighted by Crippen LogP contribution is -2.13. The molecule has 0 aliphatic carbocycles. The Kier molecular flexibility index (Phi) is 8.05. The monoisotopic (exact) mass is 176 g/mol. The molecule has 0 saturated carbocycles. The quantitative estimate of drug-likeness (QED) is 0.449. The summed E-state index contributed by atoms with van der Waals surface area (Å²) < 4.78 is 9.67. The molecule has 0 spiro atoms. The first-order chi connectivity index (χ1) is 5.81. The summed E-state index contributed by atoms with van der Waals surface area (Å²) in [6, 6.07) is 0. The second-order valence-corrected chi connectivity index (χ2v) is 2.34. The van der Waals surface area contributed by atoms with Gasteiger partial charge in [0.2, 0.25) is 0 Å². The van der Waals surface area contributed by atoms with E-state index in [0.29, 0.717) is 13.2 Å². The fourth-order valence-electron chi connectivity index (χ4n) is 0.609. The normalized spacial score (nSPS) is 9.83. The van der Waals surface area contributed by atoms with Crippen LogP contribution in [0.5, 0.6) is 0 Å². The van der Waals surface area contributed by atoms with Crippen molar-refractivity contribution in [3.63, 3.8) is 0 Å². The van der Waals surface area contributed by atoms with Gasteiger partial charge in [0.25, 0.3) is 0 Å². The number of rotatable bonds is 7. The van der Waals surface area contributed by atoms with E-state index in [9.17, 15) is 4.79 Å². The Morgan fingerprint density at radius 1 is 1.33 bits per heavy atom. The van der Waals surface area contributed by atoms with Crippen molar-refractivity contribution in [3.05, 3.63) is 0 Å². The highest BCUT2D eigenvalue weighted by Gasteiger charge is 1.97. The molecule has 0 aliphatic rings. The smallest absolute Gasteiger partial charge is 0.331 e. The van der Waals surface area contributed by atoms with Gasteiger partial charge >= 0.3 is 5.97 Å². The highest BCUT2D eigenvalue weighted by Crippen LogP contribution is 1.87. The Morgan fingerprint density at radius 3 is 2.67 bits per heavy atom. The highest BCUT2D eigenvalue weighted by molar-refractivity contribution is 5.70. The summed E-state index contributed by atoms with van der Waals surface area (Å²) in [5.74, 6) is -0.603. The number of carbonyl (C=O) groups excluding carboxylic acids is 1. The SMILES string of the molecule is CCCCOCCOC(=O)CO. The van der Waals surface area contributed by atoms with Gasteiger partial charge in [-0.1, -0.05) is 13.3 Å². The molecule has 0 fully saturated rings. The molecule has 0 aliphatic heterocycles. The average molecular weight is 176 g/mol. The molecule has 0 saturated heterocycles. The third kappa shape index (κ3) is 7.50. The van der Waals surface area contributed by atoms with E-state index in [-0.39, 0.29) is 6.61 Å². The van der Waals surface area contributed by atoms with E-state index in [1.54, 1.807) is 0 Å². The summed E-state index contributed by atoms with van der Waals surface area (Å²) in [6.07, 6.45) is 2.12. The maximum absolute atomic E-state index is 10.4. The first kappa shape index (κ1) is 11.4. The molecule has 0 unspecified atom stereocenters. The van der Waals surface area contributed by atoms with Gasteiger partial charge in [-0.25, -0.2) is 4.79 Å². The van der Waals surface area contributed by atoms with Crippen LogP contribution in [0.25, 0.3) is 0 Å². The predicted molar refractivity (Wildman–Crippen MR) is 43.8 cm³/mol. The van der Waals surface area contributed by atoms with E-state index in [4.69, 9.17) is 9.84 Å². The van der Waals surface area contributed by atoms with Crippen molar-refractivity contribution < 1.29 is 19.4 Å². The van der Waals surface area contributed by atoms with E-state index in [2.05, 4.69) is 11.7 Å². The van der Waals surface area contributed by atoms with E-state index in [1.165, 1.54) is 0 Å². The van der Waals surface area contributed by atoms with Crippen LogP contribution < -0.4 is 0 Å². The van der Waals surface area contributed by atoms with Crippen LogP contribution in [0.4, 0.5) is 0 Å². The standard InChI is InChI=1S/C8H16O4/c1-2-3-4-11-5-6-12-8(10)7-9/h9H,2-7H2,1H3. The minimum atomic E-state index is -0.603. The topological polar surface area (TPSA) is 55.8 Å². The van der Waals surface area contributed by atoms with Crippen LogP contribution in [0.15, 0.2) is 0 Å². The first-order valence-electron chi connectivity index (χ1n) is 4.15. The number of aliphatic hydroxyl groups excluding tert-OH is 1. The van der Waals surface area contributed by atoms with Crippen LogP contribution in [-0.2, 0) is 14.3 Å². The molecule has 0 aromatic rings. The van der Waals surface area contributed by atoms with Crippen molar-refractivity contribution in [1.29, 1.82) is 0 Å². The molecule has 0 aromatic carbocycles. The van der Waals surface area contributed by atoms with Gasteiger partial charge in [0.05, 0.1) is 6.61 Å². The van der Waals surface area contributed by atoms with E-state index >= 15 is 0 Å². The van der Waals surface area contributed by atoms with Crippen LogP contribution in [0.3, 0.4) is 0 Å². The Hall–Kier alpha value is -0.610. The van der Waals surface area contributed by atoms with Gasteiger partial charge in [-0.05, 0) is 6.42 Å². The summed E-state index contributed by atoms with van der Waals surface area (Å²) in [6.45, 7) is 2.85. The van der Waals surface area contributed by atoms with Crippen LogP contribution in [0.1, 0.15) is 19.8 Å². The molecule has 0 heterocycles. The van der Waals surface area contributed by atoms with Crippen LogP contribution in [-0.4, -0.2) is 37.5 Å². The summed E-state index contributed by atoms with van der Waals surface area (Å²) in [7, 11) is 0. The van der Waals surface area contributed by atoms with Gasteiger partial charge in [-0.2, -0.15) is 0 Å². The largest absolute Gasteiger partial charge is 0.462 e. The van der Waals surface area contributed by atoms with Crippen LogP contribution in [0, 0.1) is 0 Å². The molecule has 0 aromatic heterocycles. The highest BCUT2D eigenvalue weighted by atomic mass is 16.6. The lowest BCUT2D eigenvalue weighted by atomic mass is 10.4. The van der Waals surface area contributed by atoms with Crippen molar-refractivity contribution in [1.82, 2.24) is 0 Å². The predicted octanol–water partition coefficient (Wildman–Crippen LogP) is 0.339. The molecule has 72 valence electrons. The molecule has 1 N–H and O–H groups in total. The molecule has 0 rings (SSSR count). The zero-order valence-corrected chi connectivity index (χ0v) is 7.41. The Bertz CT molecular complexity index is 114. The van der Waals surface area contributed by atoms with Gasteiger partial charge in [0.1, 0.15) is 13.2 Å². The minimum absolute atomic E-state index is 0.225. The van der Waals surface area contributed by atoms with E-state index in [1.807, 2.05) is 0 Å². The summed E-state index contributed by atoms with van der Waals surface area (Å²) in [5.41, 5.74) is 0. The van der Waals surface area contributed by atoms with Crippen molar-refractivity contribution >= 4 is 5.97 Å². The molecule has 4 heteroatoms. The van der Waals surface area contributed by atoms with Gasteiger partial charge in [-0.15, -0.1) is 0 Å². The number of ether oxygens (including phenoxy) is 2. The van der Waals surface area contributed by atoms with Crippen molar-refractivity contribution in [2.24, 2.45) is 0 Å². The molecule has 0 amide bonds. The number of hydrogen-bond donors (Lipinski definition) is 1. The van der Waals surface area contributed by atoms with Crippen molar-refractivity contribution in [2.75, 3.05) is 26.4 Å². The van der Waals surface area contributed by atoms with Crippen molar-refractivity contribution in [2.45, 2.75) is 19.8 Å². The number of carbonyl (C=O) groups is 1. The van der Waals surface area contributed by atoms with Gasteiger partial charge < -0.3 is 14.6 Å². The molecule has 0 bridgehead atoms. The van der Waals surface area contributed by atoms with Gasteiger partial charge in [0, 0.05) is 6.61 Å². The second kappa shape index (κ2) is 8.49. The lowest BCUT2D eigenvalue weighted by Gasteiger charge is -2.03. The number of esters is 1. The van der Waals surface area contributed by atoms with Crippen LogP contribution >= 0.6 is 0 Å². The van der Waals surface area contributed by atoms with Crippen LogP contribution in [0.2, 0.25) is 0 Å². The minimum Gasteiger partial charge on any atom is -0.462 e. The summed E-state index contributed by atoms with van der Waals surface area (Å²) in [4.78, 5) is 10.4. The van der Waals surface area contributed by atoms with Gasteiger partial charge in [0.15, 0.2) is 0 Å². The fraction of sp³-hybridized carbons (Fsp3) is 0.875. The molecular formula is C8H16O4. The zero-order valence-electron chi connectivity index (χ0n) is 7.41. The number of unbranched alkanes of at least 4 members (excludes halogenated alkanes) is 1. The third-order valence-corrected chi connectivity index (χ3v) is 1.26. The maximum atomic E-state index is 10.4. The Labute approximate surface area is 72.5 Å². The number of aliphatic hydroxyl groups is 1. The number of hydrogen-bond acceptors (Lipinski definition) is 4. The summed E-state index contributed by atoms with van der Waals surface area (Å²) in [5, 5.41) is 8.26. The first-order valence-corrected chi connectivity index (χ1v) is 4.15. The molecule has 12 heavy (non-hydrogen) atoms. The van der Waals surface area contributed by atoms with Gasteiger partial charge in [-0.3, -0.25) is 0 Å². The second-order valence-electron chi connectivity index (χ2n) is 2.34. The third-order valence-electron chi connectivity index (χ3n) is 1.26. The lowest BCUT2D eigenvalue weighted by molar-refractivity contribution is -0.148. The molecule has 0 atom stereocenters. The fourth-order valence-corrected chi connectivity index (χ4v) is 0.609. The van der Waals surface area contributed by atoms with E-state index in [0.717, 1.165) is 12.8 Å². The maximum Gasteiger partial charge on any atom is 0.331 e. The average Bonchev–Trinajstić information content (AvgIpc) is 2.10. The van der Waals surface area contributed by atoms with Crippen molar-refractivity contribution in [3.8, 4) is 0 Å². The molecular weight excluding hydrogens is 160 g/mol. The molecule has 0 radical (unpaired) electrons. The zero-order chi connectivity index (χ0) is 9.23.